The van der Waals surface area contributed by atoms with E-state index < -0.39 is 5.82 Å². The van der Waals surface area contributed by atoms with Crippen molar-refractivity contribution in [3.8, 4) is 0 Å². The number of rotatable bonds is 14. The van der Waals surface area contributed by atoms with Crippen molar-refractivity contribution in [1.82, 2.24) is 19.0 Å². The molecule has 2 amide bonds. The number of hydrogen-bond acceptors (Lipinski definition) is 7. The van der Waals surface area contributed by atoms with E-state index >= 15 is 0 Å². The molecule has 12 heteroatoms. The molecule has 0 radical (unpaired) electrons. The summed E-state index contributed by atoms with van der Waals surface area (Å²) in [4.78, 5) is 66.5. The van der Waals surface area contributed by atoms with Crippen LogP contribution in [0.4, 0.5) is 16.0 Å². The maximum atomic E-state index is 13.8. The summed E-state index contributed by atoms with van der Waals surface area (Å²) in [6, 6.07) is 16.5. The number of ether oxygens (including phenoxy) is 1. The number of methoxy groups -OCH3 is 1. The Hall–Kier alpha value is -5.23. The van der Waals surface area contributed by atoms with Crippen LogP contribution in [-0.4, -0.2) is 69.9 Å². The van der Waals surface area contributed by atoms with Gasteiger partial charge in [0.1, 0.15) is 17.5 Å². The molecule has 0 aliphatic carbocycles. The van der Waals surface area contributed by atoms with Crippen molar-refractivity contribution in [3.05, 3.63) is 121 Å². The average Bonchev–Trinajstić information content (AvgIpc) is 3.58. The monoisotopic (exact) mass is 680 g/mol. The highest BCUT2D eigenvalue weighted by Crippen LogP contribution is 2.27. The highest BCUT2D eigenvalue weighted by atomic mass is 19.1. The molecule has 0 saturated carbocycles. The first-order valence-electron chi connectivity index (χ1n) is 17.1. The number of aliphatic imine (C=N–C) groups is 1. The molecule has 0 N–H and O–H groups in total. The van der Waals surface area contributed by atoms with Crippen LogP contribution >= 0.6 is 0 Å². The van der Waals surface area contributed by atoms with Crippen LogP contribution in [0.15, 0.2) is 81.4 Å². The van der Waals surface area contributed by atoms with Gasteiger partial charge in [-0.05, 0) is 80.1 Å². The fourth-order valence-electron chi connectivity index (χ4n) is 6.56. The van der Waals surface area contributed by atoms with Gasteiger partial charge in [0.15, 0.2) is 0 Å². The van der Waals surface area contributed by atoms with Gasteiger partial charge in [-0.25, -0.2) is 19.2 Å². The summed E-state index contributed by atoms with van der Waals surface area (Å²) in [5.41, 5.74) is 3.12. The van der Waals surface area contributed by atoms with Gasteiger partial charge >= 0.3 is 5.69 Å². The van der Waals surface area contributed by atoms with Gasteiger partial charge in [-0.15, -0.1) is 0 Å². The van der Waals surface area contributed by atoms with Crippen LogP contribution in [0, 0.1) is 5.82 Å². The van der Waals surface area contributed by atoms with Crippen molar-refractivity contribution < 1.29 is 18.7 Å². The first kappa shape index (κ1) is 34.6. The molecule has 50 heavy (non-hydrogen) atoms. The number of halogens is 1. The fraction of sp³-hybridized carbons (Fsp3) is 0.368. The molecule has 4 heterocycles. The lowest BCUT2D eigenvalue weighted by atomic mass is 9.99. The molecular weight excluding hydrogens is 639 g/mol. The van der Waals surface area contributed by atoms with Crippen LogP contribution < -0.4 is 16.1 Å². The van der Waals surface area contributed by atoms with E-state index in [1.807, 2.05) is 31.2 Å². The zero-order chi connectivity index (χ0) is 35.2. The smallest absolute Gasteiger partial charge is 0.332 e. The van der Waals surface area contributed by atoms with Gasteiger partial charge in [0, 0.05) is 75.7 Å². The third kappa shape index (κ3) is 7.20. The van der Waals surface area contributed by atoms with Crippen molar-refractivity contribution in [2.75, 3.05) is 38.3 Å². The molecule has 2 aromatic carbocycles. The van der Waals surface area contributed by atoms with Gasteiger partial charge in [0.05, 0.1) is 11.3 Å². The molecule has 11 nitrogen and oxygen atoms in total. The fourth-order valence-corrected chi connectivity index (χ4v) is 6.56. The van der Waals surface area contributed by atoms with E-state index in [4.69, 9.17) is 9.73 Å². The van der Waals surface area contributed by atoms with Crippen LogP contribution in [-0.2, 0) is 30.7 Å². The second kappa shape index (κ2) is 15.5. The van der Waals surface area contributed by atoms with Gasteiger partial charge < -0.3 is 9.64 Å². The minimum absolute atomic E-state index is 0.0220. The molecule has 2 aromatic heterocycles. The zero-order valence-corrected chi connectivity index (χ0v) is 28.4. The number of carbonyl (C=O) groups is 2. The van der Waals surface area contributed by atoms with Crippen molar-refractivity contribution in [2.24, 2.45) is 4.99 Å². The molecule has 2 aliphatic heterocycles. The molecule has 0 atom stereocenters. The Balaban J connectivity index is 1.22. The number of pyridine rings is 1. The third-order valence-corrected chi connectivity index (χ3v) is 9.19. The zero-order valence-electron chi connectivity index (χ0n) is 28.4. The molecule has 4 aromatic rings. The summed E-state index contributed by atoms with van der Waals surface area (Å²) in [6.07, 6.45) is 5.21. The standard InChI is InChI=1S/C38H41FN6O5/c1-3-18-44-34-31(37(48)45(38(44)49)20-6-7-23-50-2)24-32(41-34)28-13-16-33(40-25-28)43(35(46)27-11-14-29(39)15-12-27)21-8-19-42-22-17-26-9-4-5-10-30(26)36(42)47/h4-5,9-16,25H,3,6-8,17-24H2,1-2H3. The van der Waals surface area contributed by atoms with Crippen molar-refractivity contribution in [2.45, 2.75) is 58.5 Å². The van der Waals surface area contributed by atoms with E-state index in [-0.39, 0.29) is 36.0 Å². The lowest BCUT2D eigenvalue weighted by Gasteiger charge is -2.29. The van der Waals surface area contributed by atoms with Gasteiger partial charge in [0.2, 0.25) is 0 Å². The van der Waals surface area contributed by atoms with E-state index in [0.29, 0.717) is 91.6 Å². The highest BCUT2D eigenvalue weighted by Gasteiger charge is 2.28. The summed E-state index contributed by atoms with van der Waals surface area (Å²) in [6.45, 7) is 4.59. The number of carbonyl (C=O) groups excluding carboxylic acids is 2. The van der Waals surface area contributed by atoms with Gasteiger partial charge in [0.25, 0.3) is 17.4 Å². The van der Waals surface area contributed by atoms with Crippen molar-refractivity contribution in [3.63, 3.8) is 0 Å². The molecule has 260 valence electrons. The Morgan fingerprint density at radius 2 is 1.74 bits per heavy atom. The van der Waals surface area contributed by atoms with Crippen LogP contribution in [0.25, 0.3) is 0 Å². The summed E-state index contributed by atoms with van der Waals surface area (Å²) in [5, 5.41) is 0. The van der Waals surface area contributed by atoms with Crippen molar-refractivity contribution >= 4 is 29.2 Å². The molecule has 0 saturated heterocycles. The SMILES string of the molecule is CCCn1c2c(c(=O)n(CCCCOC)c1=O)CC(c1ccc(N(CCCN3CCc4ccccc4C3=O)C(=O)c3ccc(F)cc3)nc1)=N2. The van der Waals surface area contributed by atoms with E-state index in [1.54, 1.807) is 34.9 Å². The first-order chi connectivity index (χ1) is 24.3. The number of benzene rings is 2. The minimum atomic E-state index is -0.444. The quantitative estimate of drug-likeness (QED) is 0.177. The van der Waals surface area contributed by atoms with Crippen LogP contribution in [0.3, 0.4) is 0 Å². The molecular formula is C38H41FN6O5. The third-order valence-electron chi connectivity index (χ3n) is 9.19. The maximum Gasteiger partial charge on any atom is 0.332 e. The summed E-state index contributed by atoms with van der Waals surface area (Å²) in [7, 11) is 1.62. The summed E-state index contributed by atoms with van der Waals surface area (Å²) in [5.74, 6) is -0.0417. The average molecular weight is 681 g/mol. The lowest BCUT2D eigenvalue weighted by Crippen LogP contribution is -2.41. The predicted molar refractivity (Wildman–Crippen MR) is 189 cm³/mol. The minimum Gasteiger partial charge on any atom is -0.385 e. The first-order valence-corrected chi connectivity index (χ1v) is 17.1. The second-order valence-corrected chi connectivity index (χ2v) is 12.6. The van der Waals surface area contributed by atoms with Crippen molar-refractivity contribution in [1.29, 1.82) is 0 Å². The van der Waals surface area contributed by atoms with Gasteiger partial charge in [-0.3, -0.25) is 28.4 Å². The maximum absolute atomic E-state index is 13.8. The Bertz CT molecular complexity index is 2020. The van der Waals surface area contributed by atoms with Crippen LogP contribution in [0.5, 0.6) is 0 Å². The normalized spacial score (nSPS) is 13.6. The topological polar surface area (TPSA) is 119 Å². The lowest BCUT2D eigenvalue weighted by molar-refractivity contribution is 0.0738. The molecule has 0 fully saturated rings. The molecule has 6 rings (SSSR count). The van der Waals surface area contributed by atoms with E-state index in [9.17, 15) is 23.6 Å². The Morgan fingerprint density at radius 3 is 2.48 bits per heavy atom. The summed E-state index contributed by atoms with van der Waals surface area (Å²) < 4.78 is 21.7. The predicted octanol–water partition coefficient (Wildman–Crippen LogP) is 4.79. The van der Waals surface area contributed by atoms with E-state index in [2.05, 4.69) is 4.98 Å². The number of amides is 2. The number of unbranched alkanes of at least 4 members (excludes halogenated alkanes) is 1. The molecule has 0 spiro atoms. The Morgan fingerprint density at radius 1 is 0.940 bits per heavy atom. The Labute approximate surface area is 289 Å². The molecule has 2 aliphatic rings. The van der Waals surface area contributed by atoms with E-state index in [1.165, 1.54) is 33.7 Å². The second-order valence-electron chi connectivity index (χ2n) is 12.6. The number of nitrogens with zero attached hydrogens (tertiary/aromatic N) is 6. The number of anilines is 1. The largest absolute Gasteiger partial charge is 0.385 e. The number of hydrogen-bond donors (Lipinski definition) is 0. The van der Waals surface area contributed by atoms with Crippen LogP contribution in [0.2, 0.25) is 0 Å². The van der Waals surface area contributed by atoms with Crippen LogP contribution in [0.1, 0.15) is 70.0 Å². The summed E-state index contributed by atoms with van der Waals surface area (Å²) >= 11 is 0. The van der Waals surface area contributed by atoms with E-state index in [0.717, 1.165) is 18.4 Å². The van der Waals surface area contributed by atoms with Gasteiger partial charge in [-0.2, -0.15) is 0 Å². The number of aromatic nitrogens is 3. The van der Waals surface area contributed by atoms with Gasteiger partial charge in [-0.1, -0.05) is 25.1 Å². The molecule has 0 unspecified atom stereocenters. The Kier molecular flexibility index (Phi) is 10.8. The highest BCUT2D eigenvalue weighted by molar-refractivity contribution is 6.07. The number of fused-ring (bicyclic) bond motifs is 2. The molecule has 0 bridgehead atoms.